The maximum atomic E-state index is 13.3. The Morgan fingerprint density at radius 2 is 1.88 bits per heavy atom. The second-order valence-electron chi connectivity index (χ2n) is 7.49. The first kappa shape index (κ1) is 22.3. The predicted molar refractivity (Wildman–Crippen MR) is 120 cm³/mol. The molecule has 2 heterocycles. The number of hydrogen-bond acceptors (Lipinski definition) is 7. The summed E-state index contributed by atoms with van der Waals surface area (Å²) in [6, 6.07) is 11.1. The summed E-state index contributed by atoms with van der Waals surface area (Å²) in [5.41, 5.74) is 2.51. The van der Waals surface area contributed by atoms with Crippen LogP contribution in [-0.4, -0.2) is 60.4 Å². The number of aromatic nitrogens is 2. The van der Waals surface area contributed by atoms with Gasteiger partial charge in [-0.1, -0.05) is 12.1 Å². The fourth-order valence-corrected chi connectivity index (χ4v) is 4.22. The lowest BCUT2D eigenvalue weighted by Crippen LogP contribution is -2.31. The highest BCUT2D eigenvalue weighted by atomic mass is 16.6. The van der Waals surface area contributed by atoms with Gasteiger partial charge >= 0.3 is 0 Å². The number of para-hydroxylation sites is 1. The number of nitrogens with zero attached hydrogens (tertiary/aromatic N) is 3. The highest BCUT2D eigenvalue weighted by molar-refractivity contribution is 6.00. The van der Waals surface area contributed by atoms with Crippen LogP contribution in [0.2, 0.25) is 0 Å². The molecule has 0 aliphatic carbocycles. The van der Waals surface area contributed by atoms with E-state index in [4.69, 9.17) is 14.2 Å². The number of carbonyl (C=O) groups is 1. The second-order valence-corrected chi connectivity index (χ2v) is 7.49. The van der Waals surface area contributed by atoms with E-state index in [1.54, 1.807) is 49.5 Å². The molecule has 1 amide bonds. The SMILES string of the molecule is COCCCN1C(=O)c2[nH]nc(-c3ccc(OC)c(OC)c3)c2C1c1ccccc1[N+](=O)[O-]. The van der Waals surface area contributed by atoms with E-state index in [1.807, 2.05) is 6.07 Å². The summed E-state index contributed by atoms with van der Waals surface area (Å²) >= 11 is 0. The fraction of sp³-hybridized carbons (Fsp3) is 0.304. The van der Waals surface area contributed by atoms with Gasteiger partial charge in [-0.25, -0.2) is 0 Å². The Labute approximate surface area is 190 Å². The van der Waals surface area contributed by atoms with Gasteiger partial charge in [0.15, 0.2) is 11.5 Å². The maximum Gasteiger partial charge on any atom is 0.275 e. The monoisotopic (exact) mass is 452 g/mol. The third kappa shape index (κ3) is 3.89. The number of nitrogens with one attached hydrogen (secondary N) is 1. The maximum absolute atomic E-state index is 13.3. The van der Waals surface area contributed by atoms with Crippen molar-refractivity contribution in [1.29, 1.82) is 0 Å². The van der Waals surface area contributed by atoms with Gasteiger partial charge < -0.3 is 19.1 Å². The smallest absolute Gasteiger partial charge is 0.275 e. The molecular weight excluding hydrogens is 428 g/mol. The molecule has 1 aromatic heterocycles. The van der Waals surface area contributed by atoms with Crippen LogP contribution in [-0.2, 0) is 4.74 Å². The van der Waals surface area contributed by atoms with Gasteiger partial charge in [0, 0.05) is 37.5 Å². The lowest BCUT2D eigenvalue weighted by atomic mass is 9.94. The van der Waals surface area contributed by atoms with Crippen LogP contribution in [0.5, 0.6) is 11.5 Å². The van der Waals surface area contributed by atoms with Crippen LogP contribution in [0.1, 0.15) is 34.1 Å². The number of carbonyl (C=O) groups excluding carboxylic acids is 1. The molecule has 1 N–H and O–H groups in total. The Morgan fingerprint density at radius 3 is 2.58 bits per heavy atom. The van der Waals surface area contributed by atoms with Gasteiger partial charge in [-0.2, -0.15) is 5.10 Å². The summed E-state index contributed by atoms with van der Waals surface area (Å²) in [5.74, 6) is 0.805. The van der Waals surface area contributed by atoms with Crippen molar-refractivity contribution in [2.75, 3.05) is 34.5 Å². The van der Waals surface area contributed by atoms with Crippen LogP contribution in [0.3, 0.4) is 0 Å². The molecule has 33 heavy (non-hydrogen) atoms. The summed E-state index contributed by atoms with van der Waals surface area (Å²) in [4.78, 5) is 26.3. The first-order valence-electron chi connectivity index (χ1n) is 10.4. The van der Waals surface area contributed by atoms with E-state index < -0.39 is 11.0 Å². The molecule has 1 unspecified atom stereocenters. The quantitative estimate of drug-likeness (QED) is 0.299. The van der Waals surface area contributed by atoms with Crippen molar-refractivity contribution < 1.29 is 23.9 Å². The number of methoxy groups -OCH3 is 3. The zero-order valence-corrected chi connectivity index (χ0v) is 18.5. The fourth-order valence-electron chi connectivity index (χ4n) is 4.22. The number of H-pyrrole nitrogens is 1. The molecule has 2 aromatic carbocycles. The number of rotatable bonds is 9. The average molecular weight is 452 g/mol. The van der Waals surface area contributed by atoms with Gasteiger partial charge in [0.05, 0.1) is 36.4 Å². The van der Waals surface area contributed by atoms with Crippen LogP contribution in [0.15, 0.2) is 42.5 Å². The molecule has 0 radical (unpaired) electrons. The molecule has 1 atom stereocenters. The molecule has 0 saturated heterocycles. The third-order valence-corrected chi connectivity index (χ3v) is 5.70. The van der Waals surface area contributed by atoms with Crippen LogP contribution in [0, 0.1) is 10.1 Å². The van der Waals surface area contributed by atoms with E-state index in [9.17, 15) is 14.9 Å². The zero-order chi connectivity index (χ0) is 23.5. The number of amides is 1. The van der Waals surface area contributed by atoms with Gasteiger partial charge in [0.25, 0.3) is 11.6 Å². The molecule has 0 saturated carbocycles. The van der Waals surface area contributed by atoms with Crippen molar-refractivity contribution in [2.45, 2.75) is 12.5 Å². The first-order chi connectivity index (χ1) is 16.0. The van der Waals surface area contributed by atoms with Crippen molar-refractivity contribution >= 4 is 11.6 Å². The topological polar surface area (TPSA) is 120 Å². The summed E-state index contributed by atoms with van der Waals surface area (Å²) in [6.45, 7) is 0.833. The predicted octanol–water partition coefficient (Wildman–Crippen LogP) is 3.58. The van der Waals surface area contributed by atoms with E-state index >= 15 is 0 Å². The van der Waals surface area contributed by atoms with Crippen LogP contribution >= 0.6 is 0 Å². The highest BCUT2D eigenvalue weighted by Crippen LogP contribution is 2.46. The molecule has 3 aromatic rings. The van der Waals surface area contributed by atoms with E-state index in [0.29, 0.717) is 59.1 Å². The normalized spacial score (nSPS) is 14.9. The van der Waals surface area contributed by atoms with E-state index in [0.717, 1.165) is 0 Å². The van der Waals surface area contributed by atoms with Crippen molar-refractivity contribution in [2.24, 2.45) is 0 Å². The summed E-state index contributed by atoms with van der Waals surface area (Å²) < 4.78 is 15.9. The number of hydrogen-bond donors (Lipinski definition) is 1. The zero-order valence-electron chi connectivity index (χ0n) is 18.5. The summed E-state index contributed by atoms with van der Waals surface area (Å²) in [5, 5.41) is 19.1. The molecule has 172 valence electrons. The van der Waals surface area contributed by atoms with Gasteiger partial charge in [-0.15, -0.1) is 0 Å². The van der Waals surface area contributed by atoms with Crippen LogP contribution in [0.25, 0.3) is 11.3 Å². The molecule has 1 aliphatic heterocycles. The number of aromatic amines is 1. The van der Waals surface area contributed by atoms with E-state index in [1.165, 1.54) is 13.2 Å². The van der Waals surface area contributed by atoms with Gasteiger partial charge in [0.2, 0.25) is 0 Å². The number of nitro groups is 1. The number of benzene rings is 2. The first-order valence-corrected chi connectivity index (χ1v) is 10.4. The van der Waals surface area contributed by atoms with E-state index in [2.05, 4.69) is 10.2 Å². The Balaban J connectivity index is 1.88. The number of ether oxygens (including phenoxy) is 3. The average Bonchev–Trinajstić information content (AvgIpc) is 3.37. The van der Waals surface area contributed by atoms with Gasteiger partial charge in [0.1, 0.15) is 5.69 Å². The third-order valence-electron chi connectivity index (χ3n) is 5.70. The largest absolute Gasteiger partial charge is 0.493 e. The number of fused-ring (bicyclic) bond motifs is 1. The number of nitro benzene ring substituents is 1. The molecular formula is C23H24N4O6. The van der Waals surface area contributed by atoms with E-state index in [-0.39, 0.29) is 11.6 Å². The second kappa shape index (κ2) is 9.29. The molecule has 0 bridgehead atoms. The van der Waals surface area contributed by atoms with Gasteiger partial charge in [-0.05, 0) is 30.7 Å². The highest BCUT2D eigenvalue weighted by Gasteiger charge is 2.44. The molecule has 10 heteroatoms. The van der Waals surface area contributed by atoms with Crippen molar-refractivity contribution in [1.82, 2.24) is 15.1 Å². The Kier molecular flexibility index (Phi) is 6.27. The lowest BCUT2D eigenvalue weighted by Gasteiger charge is -2.26. The molecule has 0 fully saturated rings. The Hall–Kier alpha value is -3.92. The molecule has 4 rings (SSSR count). The van der Waals surface area contributed by atoms with Crippen LogP contribution in [0.4, 0.5) is 5.69 Å². The minimum Gasteiger partial charge on any atom is -0.493 e. The molecule has 1 aliphatic rings. The molecule has 0 spiro atoms. The Morgan fingerprint density at radius 1 is 1.12 bits per heavy atom. The Bertz CT molecular complexity index is 1190. The standard InChI is InChI=1S/C23H24N4O6/c1-31-12-6-11-26-22(15-7-4-5-8-16(15)27(29)30)19-20(24-25-21(19)23(26)28)14-9-10-17(32-2)18(13-14)33-3/h4-5,7-10,13,22H,6,11-12H2,1-3H3,(H,24,25). The summed E-state index contributed by atoms with van der Waals surface area (Å²) in [7, 11) is 4.67. The molecule has 10 nitrogen and oxygen atoms in total. The minimum absolute atomic E-state index is 0.0562. The van der Waals surface area contributed by atoms with Crippen molar-refractivity contribution in [3.63, 3.8) is 0 Å². The van der Waals surface area contributed by atoms with Crippen LogP contribution < -0.4 is 9.47 Å². The lowest BCUT2D eigenvalue weighted by molar-refractivity contribution is -0.385. The van der Waals surface area contributed by atoms with Crippen molar-refractivity contribution in [3.05, 3.63) is 69.4 Å². The minimum atomic E-state index is -0.673. The van der Waals surface area contributed by atoms with Gasteiger partial charge in [-0.3, -0.25) is 20.0 Å². The summed E-state index contributed by atoms with van der Waals surface area (Å²) in [6.07, 6.45) is 0.586. The van der Waals surface area contributed by atoms with Crippen molar-refractivity contribution in [3.8, 4) is 22.8 Å².